The fourth-order valence-corrected chi connectivity index (χ4v) is 16.0. The predicted octanol–water partition coefficient (Wildman–Crippen LogP) is -0.682. The van der Waals surface area contributed by atoms with E-state index in [1.807, 2.05) is 20.8 Å². The van der Waals surface area contributed by atoms with E-state index in [2.05, 4.69) is 26.8 Å². The van der Waals surface area contributed by atoms with Crippen LogP contribution in [0.3, 0.4) is 0 Å². The Labute approximate surface area is 448 Å². The Morgan fingerprint density at radius 1 is 0.714 bits per heavy atom. The summed E-state index contributed by atoms with van der Waals surface area (Å²) in [6.45, 7) is 14.6. The summed E-state index contributed by atoms with van der Waals surface area (Å²) in [5.41, 5.74) is -3.63. The molecule has 8 aliphatic rings. The van der Waals surface area contributed by atoms with Crippen molar-refractivity contribution in [3.8, 4) is 0 Å². The van der Waals surface area contributed by atoms with Gasteiger partial charge in [-0.2, -0.15) is 0 Å². The van der Waals surface area contributed by atoms with Gasteiger partial charge in [0, 0.05) is 23.3 Å². The average molecular weight is 1100 g/mol. The van der Waals surface area contributed by atoms with E-state index in [0.29, 0.717) is 37.7 Å². The smallest absolute Gasteiger partial charge is 0.335 e. The minimum Gasteiger partial charge on any atom is -0.479 e. The Balaban J connectivity index is 1.11. The molecule has 7 fully saturated rings. The van der Waals surface area contributed by atoms with Crippen LogP contribution in [0.1, 0.15) is 107 Å². The van der Waals surface area contributed by atoms with Gasteiger partial charge in [-0.3, -0.25) is 4.79 Å². The minimum atomic E-state index is -2.11. The molecular weight excluding hydrogens is 1020 g/mol. The largest absolute Gasteiger partial charge is 0.479 e. The van der Waals surface area contributed by atoms with Gasteiger partial charge in [0.1, 0.15) is 73.2 Å². The van der Waals surface area contributed by atoms with Gasteiger partial charge in [0.15, 0.2) is 25.0 Å². The van der Waals surface area contributed by atoms with Crippen molar-refractivity contribution in [2.45, 2.75) is 218 Å². The number of carbonyl (C=O) groups excluding carboxylic acids is 2. The fraction of sp³-hybridized carbons (Fsp3) is 0.870. The van der Waals surface area contributed by atoms with Crippen LogP contribution in [0.4, 0.5) is 0 Å². The molecular formula is C54H84O23. The normalized spacial score (nSPS) is 50.7. The maximum absolute atomic E-state index is 13.4. The molecule has 0 amide bonds. The number of carboxylic acids is 1. The number of allylic oxidation sites excluding steroid dienone is 3. The Hall–Kier alpha value is -2.79. The Bertz CT molecular complexity index is 2240. The van der Waals surface area contributed by atoms with Crippen LogP contribution in [0.25, 0.3) is 0 Å². The number of hydrogen-bond acceptors (Lipinski definition) is 22. The molecule has 5 aliphatic carbocycles. The summed E-state index contributed by atoms with van der Waals surface area (Å²) >= 11 is 0. The van der Waals surface area contributed by atoms with E-state index in [0.717, 1.165) is 5.57 Å². The molecule has 0 bridgehead atoms. The first-order valence-electron chi connectivity index (χ1n) is 27.1. The monoisotopic (exact) mass is 1100 g/mol. The van der Waals surface area contributed by atoms with Crippen molar-refractivity contribution in [2.24, 2.45) is 50.2 Å². The lowest BCUT2D eigenvalue weighted by molar-refractivity contribution is -0.387. The van der Waals surface area contributed by atoms with Gasteiger partial charge < -0.3 is 99.2 Å². The SMILES string of the molecule is C/C=C(/C)C(=O)O[C@H]1[C@H](OC(C)=O)[C@@]2(CO)C(CC1(C)C)C1=CC[C@@H]3[C@@]4(C)CC[C@H](O[C@@H]5O[C@H](C(=O)O)[C@@H](O[C@@H]6O[C@H](CO)[C@@H](O)[C@H](O)[C@H]6O)[C@H](O)[C@H]5O[C@@H]5OC[C@@H](O)[C@H](O)[C@H]5O)[C@](C)(CO)[C@@H]4CC[C@@]3(C)[C@]1(C)C[C@H]2O. The van der Waals surface area contributed by atoms with Crippen LogP contribution in [0.2, 0.25) is 0 Å². The quantitative estimate of drug-likeness (QED) is 0.0470. The molecule has 3 saturated heterocycles. The van der Waals surface area contributed by atoms with E-state index in [1.54, 1.807) is 19.9 Å². The molecule has 12 N–H and O–H groups in total. The van der Waals surface area contributed by atoms with Gasteiger partial charge in [-0.15, -0.1) is 0 Å². The van der Waals surface area contributed by atoms with Crippen LogP contribution < -0.4 is 0 Å². The highest BCUT2D eigenvalue weighted by molar-refractivity contribution is 5.87. The predicted molar refractivity (Wildman–Crippen MR) is 263 cm³/mol. The van der Waals surface area contributed by atoms with Crippen LogP contribution in [-0.2, 0) is 52.3 Å². The maximum atomic E-state index is 13.4. The molecule has 8 rings (SSSR count). The molecule has 438 valence electrons. The molecule has 23 heteroatoms. The standard InChI is InChI=1S/C54H84O23/c1-10-23(2)45(69)77-42-43(71-24(3)58)54(22-57)26(17-49(42,4)5)25-11-12-30-50(6)15-14-32(51(7,21-56)29(50)13-16-52(30,8)53(25,9)18-31(54)60)73-48-40(75-46-36(64)33(61)27(59)20-70-46)38(66)39(41(76-48)44(67)68)74-47-37(65)35(63)34(62)28(19-55)72-47/h10-11,26-43,46-48,55-57,59-66H,12-22H2,1-9H3,(H,67,68)/b23-10-/t26?,27-,28-,29-,30-,31-,32+,33+,34-,35+,36-,37-,38+,39+,40-,41+,42+,43+,46+,47+,48-,50+,51-,52-,53-,54+/m1/s1. The number of ether oxygens (including phenoxy) is 8. The van der Waals surface area contributed by atoms with Gasteiger partial charge in [0.2, 0.25) is 0 Å². The Kier molecular flexibility index (Phi) is 17.1. The van der Waals surface area contributed by atoms with Crippen molar-refractivity contribution < 1.29 is 114 Å². The summed E-state index contributed by atoms with van der Waals surface area (Å²) in [7, 11) is 0. The fourth-order valence-electron chi connectivity index (χ4n) is 16.0. The summed E-state index contributed by atoms with van der Waals surface area (Å²) in [6.07, 6.45) is -23.5. The molecule has 26 atom stereocenters. The number of aliphatic hydroxyl groups is 11. The topological polar surface area (TPSA) is 368 Å². The lowest BCUT2D eigenvalue weighted by Gasteiger charge is -2.72. The molecule has 1 unspecified atom stereocenters. The lowest BCUT2D eigenvalue weighted by atomic mass is 9.33. The second-order valence-corrected chi connectivity index (χ2v) is 25.1. The van der Waals surface area contributed by atoms with Crippen LogP contribution in [0.5, 0.6) is 0 Å². The third-order valence-corrected chi connectivity index (χ3v) is 20.7. The molecule has 77 heavy (non-hydrogen) atoms. The van der Waals surface area contributed by atoms with E-state index in [4.69, 9.17) is 37.9 Å². The summed E-state index contributed by atoms with van der Waals surface area (Å²) in [5.74, 6) is -3.76. The molecule has 0 radical (unpaired) electrons. The van der Waals surface area contributed by atoms with Crippen molar-refractivity contribution in [3.63, 3.8) is 0 Å². The van der Waals surface area contributed by atoms with Crippen LogP contribution in [0.15, 0.2) is 23.3 Å². The molecule has 0 spiro atoms. The number of carboxylic acid groups (broad SMARTS) is 1. The Morgan fingerprint density at radius 3 is 1.99 bits per heavy atom. The third kappa shape index (κ3) is 9.64. The van der Waals surface area contributed by atoms with E-state index in [1.165, 1.54) is 6.92 Å². The van der Waals surface area contributed by atoms with Crippen LogP contribution in [-0.4, -0.2) is 216 Å². The molecule has 23 nitrogen and oxygen atoms in total. The van der Waals surface area contributed by atoms with Gasteiger partial charge >= 0.3 is 17.9 Å². The van der Waals surface area contributed by atoms with Crippen molar-refractivity contribution >= 4 is 17.9 Å². The van der Waals surface area contributed by atoms with Crippen molar-refractivity contribution in [1.82, 2.24) is 0 Å². The molecule has 3 aliphatic heterocycles. The first-order chi connectivity index (χ1) is 36.0. The Morgan fingerprint density at radius 2 is 1.38 bits per heavy atom. The highest BCUT2D eigenvalue weighted by Gasteiger charge is 2.74. The molecule has 0 aromatic rings. The summed E-state index contributed by atoms with van der Waals surface area (Å²) in [6, 6.07) is 0. The minimum absolute atomic E-state index is 0.0613. The molecule has 0 aromatic carbocycles. The molecule has 3 heterocycles. The average Bonchev–Trinajstić information content (AvgIpc) is 3.54. The zero-order valence-corrected chi connectivity index (χ0v) is 45.4. The lowest BCUT2D eigenvalue weighted by Crippen LogP contribution is -2.72. The van der Waals surface area contributed by atoms with E-state index >= 15 is 0 Å². The number of rotatable bonds is 13. The summed E-state index contributed by atoms with van der Waals surface area (Å²) in [4.78, 5) is 39.4. The number of esters is 2. The zero-order valence-electron chi connectivity index (χ0n) is 45.4. The van der Waals surface area contributed by atoms with Crippen molar-refractivity contribution in [2.75, 3.05) is 26.4 Å². The van der Waals surface area contributed by atoms with Crippen LogP contribution in [0, 0.1) is 50.2 Å². The summed E-state index contributed by atoms with van der Waals surface area (Å²) < 4.78 is 48.0. The number of hydrogen-bond donors (Lipinski definition) is 12. The van der Waals surface area contributed by atoms with Crippen LogP contribution >= 0.6 is 0 Å². The van der Waals surface area contributed by atoms with E-state index in [-0.39, 0.29) is 24.7 Å². The number of carbonyl (C=O) groups is 3. The van der Waals surface area contributed by atoms with Gasteiger partial charge in [-0.05, 0) is 92.8 Å². The van der Waals surface area contributed by atoms with E-state index < -0.39 is 193 Å². The number of aliphatic carboxylic acids is 1. The van der Waals surface area contributed by atoms with Gasteiger partial charge in [-0.1, -0.05) is 59.3 Å². The zero-order chi connectivity index (χ0) is 56.9. The third-order valence-electron chi connectivity index (χ3n) is 20.7. The highest BCUT2D eigenvalue weighted by Crippen LogP contribution is 2.76. The highest BCUT2D eigenvalue weighted by atomic mass is 16.8. The number of aliphatic hydroxyl groups excluding tert-OH is 11. The second-order valence-electron chi connectivity index (χ2n) is 25.1. The second kappa shape index (κ2) is 21.8. The van der Waals surface area contributed by atoms with E-state index in [9.17, 15) is 75.7 Å². The van der Waals surface area contributed by atoms with Gasteiger partial charge in [0.25, 0.3) is 0 Å². The van der Waals surface area contributed by atoms with Crippen molar-refractivity contribution in [1.29, 1.82) is 0 Å². The summed E-state index contributed by atoms with van der Waals surface area (Å²) in [5, 5.41) is 132. The van der Waals surface area contributed by atoms with Crippen molar-refractivity contribution in [3.05, 3.63) is 23.3 Å². The van der Waals surface area contributed by atoms with Gasteiger partial charge in [-0.25, -0.2) is 9.59 Å². The first-order valence-corrected chi connectivity index (χ1v) is 27.1. The molecule has 4 saturated carbocycles. The molecule has 0 aromatic heterocycles. The first kappa shape index (κ1) is 60.3. The number of fused-ring (bicyclic) bond motifs is 7. The van der Waals surface area contributed by atoms with Gasteiger partial charge in [0.05, 0.1) is 44.1 Å². The maximum Gasteiger partial charge on any atom is 0.335 e.